The molecule has 2 rings (SSSR count). The van der Waals surface area contributed by atoms with Crippen LogP contribution in [0.15, 0.2) is 33.9 Å². The fraction of sp³-hybridized carbons (Fsp3) is 0.375. The summed E-state index contributed by atoms with van der Waals surface area (Å²) in [6, 6.07) is 6.99. The summed E-state index contributed by atoms with van der Waals surface area (Å²) in [6.45, 7) is 0.346. The second kappa shape index (κ2) is 7.87. The van der Waals surface area contributed by atoms with Gasteiger partial charge in [-0.05, 0) is 35.6 Å². The Labute approximate surface area is 146 Å². The number of benzene rings is 1. The molecule has 0 unspecified atom stereocenters. The van der Waals surface area contributed by atoms with E-state index in [1.165, 1.54) is 15.6 Å². The van der Waals surface area contributed by atoms with E-state index in [0.29, 0.717) is 34.4 Å². The molecule has 0 radical (unpaired) electrons. The molecule has 132 valence electrons. The van der Waals surface area contributed by atoms with Gasteiger partial charge in [0.15, 0.2) is 11.5 Å². The van der Waals surface area contributed by atoms with Gasteiger partial charge in [0.25, 0.3) is 10.0 Å². The molecular formula is C16H21NO5S2. The first-order valence-electron chi connectivity index (χ1n) is 7.22. The Bertz CT molecular complexity index is 747. The number of likely N-dealkylation sites (N-methyl/N-ethyl adjacent to an activating group) is 1. The van der Waals surface area contributed by atoms with Crippen molar-refractivity contribution in [3.63, 3.8) is 0 Å². The maximum atomic E-state index is 12.4. The molecule has 0 N–H and O–H groups in total. The Morgan fingerprint density at radius 1 is 1.08 bits per heavy atom. The first-order valence-corrected chi connectivity index (χ1v) is 9.54. The van der Waals surface area contributed by atoms with Crippen LogP contribution in [0.5, 0.6) is 17.2 Å². The molecule has 8 heteroatoms. The van der Waals surface area contributed by atoms with Crippen LogP contribution in [-0.2, 0) is 16.4 Å². The van der Waals surface area contributed by atoms with Crippen LogP contribution in [0.2, 0.25) is 0 Å². The van der Waals surface area contributed by atoms with E-state index in [2.05, 4.69) is 0 Å². The van der Waals surface area contributed by atoms with Gasteiger partial charge in [0.05, 0.1) is 21.3 Å². The molecule has 1 aromatic heterocycles. The molecule has 6 nitrogen and oxygen atoms in total. The second-order valence-corrected chi connectivity index (χ2v) is 8.26. The number of thiophene rings is 1. The SMILES string of the molecule is COc1cc(CCN(C)S(=O)(=O)c2cccs2)cc(OC)c1OC. The number of rotatable bonds is 8. The smallest absolute Gasteiger partial charge is 0.252 e. The zero-order valence-electron chi connectivity index (χ0n) is 14.1. The first kappa shape index (κ1) is 18.6. The lowest BCUT2D eigenvalue weighted by atomic mass is 10.1. The summed E-state index contributed by atoms with van der Waals surface area (Å²) in [5.41, 5.74) is 0.901. The highest BCUT2D eigenvalue weighted by molar-refractivity contribution is 7.91. The summed E-state index contributed by atoms with van der Waals surface area (Å²) >= 11 is 1.21. The van der Waals surface area contributed by atoms with E-state index in [9.17, 15) is 8.42 Å². The van der Waals surface area contributed by atoms with Gasteiger partial charge in [-0.2, -0.15) is 4.31 Å². The third-order valence-electron chi connectivity index (χ3n) is 3.60. The molecule has 0 saturated heterocycles. The number of hydrogen-bond donors (Lipinski definition) is 0. The Hall–Kier alpha value is -1.77. The lowest BCUT2D eigenvalue weighted by molar-refractivity contribution is 0.323. The Morgan fingerprint density at radius 2 is 1.71 bits per heavy atom. The number of ether oxygens (including phenoxy) is 3. The van der Waals surface area contributed by atoms with Crippen LogP contribution in [0.25, 0.3) is 0 Å². The van der Waals surface area contributed by atoms with E-state index < -0.39 is 10.0 Å². The molecule has 0 atom stereocenters. The van der Waals surface area contributed by atoms with E-state index in [1.807, 2.05) is 12.1 Å². The zero-order valence-corrected chi connectivity index (χ0v) is 15.7. The van der Waals surface area contributed by atoms with E-state index >= 15 is 0 Å². The maximum Gasteiger partial charge on any atom is 0.252 e. The van der Waals surface area contributed by atoms with Crippen LogP contribution >= 0.6 is 11.3 Å². The predicted octanol–water partition coefficient (Wildman–Crippen LogP) is 2.64. The molecule has 1 heterocycles. The standard InChI is InChI=1S/C16H21NO5S2/c1-17(24(18,19)15-6-5-9-23-15)8-7-12-10-13(20-2)16(22-4)14(11-12)21-3/h5-6,9-11H,7-8H2,1-4H3. The molecule has 0 saturated carbocycles. The summed E-state index contributed by atoms with van der Waals surface area (Å²) in [5.74, 6) is 1.62. The summed E-state index contributed by atoms with van der Waals surface area (Å²) in [5, 5.41) is 1.75. The highest BCUT2D eigenvalue weighted by Gasteiger charge is 2.22. The molecule has 0 amide bonds. The van der Waals surface area contributed by atoms with Gasteiger partial charge < -0.3 is 14.2 Å². The molecule has 0 aliphatic rings. The van der Waals surface area contributed by atoms with Gasteiger partial charge >= 0.3 is 0 Å². The minimum Gasteiger partial charge on any atom is -0.493 e. The predicted molar refractivity (Wildman–Crippen MR) is 93.9 cm³/mol. The minimum atomic E-state index is -3.45. The summed E-state index contributed by atoms with van der Waals surface area (Å²) < 4.78 is 42.5. The zero-order chi connectivity index (χ0) is 17.7. The molecular weight excluding hydrogens is 350 g/mol. The third-order valence-corrected chi connectivity index (χ3v) is 6.83. The number of nitrogens with zero attached hydrogens (tertiary/aromatic N) is 1. The maximum absolute atomic E-state index is 12.4. The lowest BCUT2D eigenvalue weighted by Gasteiger charge is -2.17. The molecule has 0 aliphatic carbocycles. The van der Waals surface area contributed by atoms with Crippen molar-refractivity contribution in [2.24, 2.45) is 0 Å². The Kier molecular flexibility index (Phi) is 6.09. The van der Waals surface area contributed by atoms with E-state index in [-0.39, 0.29) is 0 Å². The quantitative estimate of drug-likeness (QED) is 0.714. The minimum absolute atomic E-state index is 0.342. The van der Waals surface area contributed by atoms with Gasteiger partial charge in [0, 0.05) is 13.6 Å². The van der Waals surface area contributed by atoms with Crippen LogP contribution in [0.3, 0.4) is 0 Å². The fourth-order valence-corrected chi connectivity index (χ4v) is 4.62. The van der Waals surface area contributed by atoms with Crippen molar-refractivity contribution >= 4 is 21.4 Å². The molecule has 0 spiro atoms. The van der Waals surface area contributed by atoms with Crippen molar-refractivity contribution in [3.05, 3.63) is 35.2 Å². The fourth-order valence-electron chi connectivity index (χ4n) is 2.25. The molecule has 1 aromatic carbocycles. The summed E-state index contributed by atoms with van der Waals surface area (Å²) in [6.07, 6.45) is 0.526. The van der Waals surface area contributed by atoms with E-state index in [0.717, 1.165) is 5.56 Å². The highest BCUT2D eigenvalue weighted by Crippen LogP contribution is 2.38. The normalized spacial score (nSPS) is 11.5. The largest absolute Gasteiger partial charge is 0.493 e. The van der Waals surface area contributed by atoms with Crippen LogP contribution in [0, 0.1) is 0 Å². The topological polar surface area (TPSA) is 65.1 Å². The van der Waals surface area contributed by atoms with Gasteiger partial charge in [0.1, 0.15) is 4.21 Å². The first-order chi connectivity index (χ1) is 11.4. The number of hydrogen-bond acceptors (Lipinski definition) is 6. The number of methoxy groups -OCH3 is 3. The van der Waals surface area contributed by atoms with Gasteiger partial charge in [0.2, 0.25) is 5.75 Å². The Morgan fingerprint density at radius 3 is 2.17 bits per heavy atom. The van der Waals surface area contributed by atoms with Gasteiger partial charge in [-0.3, -0.25) is 0 Å². The monoisotopic (exact) mass is 371 g/mol. The van der Waals surface area contributed by atoms with Crippen LogP contribution in [0.1, 0.15) is 5.56 Å². The van der Waals surface area contributed by atoms with Crippen LogP contribution in [-0.4, -0.2) is 47.6 Å². The van der Waals surface area contributed by atoms with Gasteiger partial charge in [-0.15, -0.1) is 11.3 Å². The van der Waals surface area contributed by atoms with Crippen molar-refractivity contribution < 1.29 is 22.6 Å². The van der Waals surface area contributed by atoms with Crippen molar-refractivity contribution in [1.29, 1.82) is 0 Å². The van der Waals surface area contributed by atoms with Gasteiger partial charge in [-0.25, -0.2) is 8.42 Å². The summed E-state index contributed by atoms with van der Waals surface area (Å²) in [7, 11) is 2.77. The third kappa shape index (κ3) is 3.82. The van der Waals surface area contributed by atoms with Crippen molar-refractivity contribution in [2.75, 3.05) is 34.9 Å². The molecule has 24 heavy (non-hydrogen) atoms. The molecule has 2 aromatic rings. The van der Waals surface area contributed by atoms with Gasteiger partial charge in [-0.1, -0.05) is 6.07 Å². The molecule has 0 fully saturated rings. The van der Waals surface area contributed by atoms with E-state index in [1.54, 1.807) is 45.9 Å². The summed E-state index contributed by atoms with van der Waals surface area (Å²) in [4.78, 5) is 0. The number of sulfonamides is 1. The average Bonchev–Trinajstić information content (AvgIpc) is 3.13. The molecule has 0 aliphatic heterocycles. The van der Waals surface area contributed by atoms with Crippen LogP contribution < -0.4 is 14.2 Å². The van der Waals surface area contributed by atoms with Crippen molar-refractivity contribution in [3.8, 4) is 17.2 Å². The second-order valence-electron chi connectivity index (χ2n) is 5.04. The Balaban J connectivity index is 2.17. The highest BCUT2D eigenvalue weighted by atomic mass is 32.2. The lowest BCUT2D eigenvalue weighted by Crippen LogP contribution is -2.28. The van der Waals surface area contributed by atoms with Crippen LogP contribution in [0.4, 0.5) is 0 Å². The van der Waals surface area contributed by atoms with E-state index in [4.69, 9.17) is 14.2 Å². The van der Waals surface area contributed by atoms with Crippen molar-refractivity contribution in [1.82, 2.24) is 4.31 Å². The average molecular weight is 371 g/mol. The molecule has 0 bridgehead atoms. The van der Waals surface area contributed by atoms with Crippen molar-refractivity contribution in [2.45, 2.75) is 10.6 Å².